The lowest BCUT2D eigenvalue weighted by atomic mass is 9.98. The molecule has 2 heterocycles. The van der Waals surface area contributed by atoms with Gasteiger partial charge in [-0.05, 0) is 59.5 Å². The lowest BCUT2D eigenvalue weighted by Gasteiger charge is -2.13. The van der Waals surface area contributed by atoms with E-state index < -0.39 is 0 Å². The third-order valence-corrected chi connectivity index (χ3v) is 6.24. The normalized spacial score (nSPS) is 11.2. The summed E-state index contributed by atoms with van der Waals surface area (Å²) in [5.41, 5.74) is 6.07. The number of methoxy groups -OCH3 is 1. The van der Waals surface area contributed by atoms with Gasteiger partial charge in [-0.3, -0.25) is 0 Å². The number of pyridine rings is 1. The third kappa shape index (κ3) is 6.32. The Morgan fingerprint density at radius 1 is 0.892 bits per heavy atom. The van der Waals surface area contributed by atoms with E-state index in [2.05, 4.69) is 52.5 Å². The molecule has 0 N–H and O–H groups in total. The molecule has 0 bridgehead atoms. The average Bonchev–Trinajstić information content (AvgIpc) is 3.43. The van der Waals surface area contributed by atoms with E-state index in [4.69, 9.17) is 30.8 Å². The Kier molecular flexibility index (Phi) is 8.05. The highest BCUT2D eigenvalue weighted by Gasteiger charge is 2.12. The first-order chi connectivity index (χ1) is 18.2. The van der Waals surface area contributed by atoms with E-state index in [0.717, 1.165) is 28.6 Å². The highest BCUT2D eigenvalue weighted by atomic mass is 35.5. The lowest BCUT2D eigenvalue weighted by Crippen LogP contribution is -2.08. The smallest absolute Gasteiger partial charge is 0.189 e. The minimum absolute atomic E-state index is 0.0978. The first-order valence-electron chi connectivity index (χ1n) is 12.0. The van der Waals surface area contributed by atoms with E-state index >= 15 is 0 Å². The van der Waals surface area contributed by atoms with Crippen LogP contribution in [0, 0.1) is 0 Å². The van der Waals surface area contributed by atoms with Gasteiger partial charge in [0.15, 0.2) is 6.79 Å². The molecule has 0 saturated heterocycles. The first-order valence-corrected chi connectivity index (χ1v) is 12.4. The van der Waals surface area contributed by atoms with Gasteiger partial charge in [0.25, 0.3) is 0 Å². The fourth-order valence-corrected chi connectivity index (χ4v) is 4.39. The molecule has 0 aliphatic carbocycles. The molecule has 0 spiro atoms. The van der Waals surface area contributed by atoms with Gasteiger partial charge < -0.3 is 14.2 Å². The third-order valence-electron chi connectivity index (χ3n) is 5.91. The number of ether oxygens (including phenoxy) is 3. The van der Waals surface area contributed by atoms with Crippen molar-refractivity contribution in [2.24, 2.45) is 0 Å². The summed E-state index contributed by atoms with van der Waals surface area (Å²) >= 11 is 6.49. The molecule has 3 aromatic carbocycles. The molecule has 5 aromatic rings. The Hall–Kier alpha value is -3.78. The van der Waals surface area contributed by atoms with Crippen molar-refractivity contribution in [3.63, 3.8) is 0 Å². The quantitative estimate of drug-likeness (QED) is 0.164. The van der Waals surface area contributed by atoms with Crippen LogP contribution in [-0.2, 0) is 22.4 Å². The molecular formula is C29H27ClN4O3. The van der Waals surface area contributed by atoms with Crippen LogP contribution in [0.4, 0.5) is 0 Å². The summed E-state index contributed by atoms with van der Waals surface area (Å²) in [6.45, 7) is 1.66. The van der Waals surface area contributed by atoms with Crippen LogP contribution in [0.15, 0.2) is 85.5 Å². The number of halogens is 1. The maximum atomic E-state index is 6.49. The zero-order chi connectivity index (χ0) is 25.5. The van der Waals surface area contributed by atoms with Gasteiger partial charge in [0.05, 0.1) is 30.5 Å². The Labute approximate surface area is 220 Å². The lowest BCUT2D eigenvalue weighted by molar-refractivity contribution is -0.00787. The van der Waals surface area contributed by atoms with Gasteiger partial charge in [-0.1, -0.05) is 48.0 Å². The first kappa shape index (κ1) is 24.9. The fraction of sp³-hybridized carbons (Fsp3) is 0.207. The number of nitrogens with zero attached hydrogens (tertiary/aromatic N) is 4. The summed E-state index contributed by atoms with van der Waals surface area (Å²) in [6, 6.07) is 24.6. The molecule has 7 nitrogen and oxygen atoms in total. The fourth-order valence-electron chi connectivity index (χ4n) is 4.18. The zero-order valence-corrected chi connectivity index (χ0v) is 21.3. The van der Waals surface area contributed by atoms with Crippen LogP contribution < -0.4 is 4.74 Å². The Morgan fingerprint density at radius 3 is 2.57 bits per heavy atom. The van der Waals surface area contributed by atoms with Crippen molar-refractivity contribution in [3.05, 3.63) is 107 Å². The SMILES string of the molecule is COCCOCOc1ccc(Cl)c2ccc(-c3cc(Cc4ccccc4)cc(Cn4cncn4)c3)nc12. The molecule has 37 heavy (non-hydrogen) atoms. The highest BCUT2D eigenvalue weighted by molar-refractivity contribution is 6.35. The van der Waals surface area contributed by atoms with Gasteiger partial charge in [0, 0.05) is 18.1 Å². The molecule has 0 aliphatic heterocycles. The largest absolute Gasteiger partial charge is 0.465 e. The summed E-state index contributed by atoms with van der Waals surface area (Å²) in [6.07, 6.45) is 4.08. The van der Waals surface area contributed by atoms with E-state index in [1.165, 1.54) is 11.1 Å². The van der Waals surface area contributed by atoms with Gasteiger partial charge in [0.1, 0.15) is 23.9 Å². The molecule has 0 aliphatic rings. The van der Waals surface area contributed by atoms with Gasteiger partial charge in [0.2, 0.25) is 0 Å². The Balaban J connectivity index is 1.51. The van der Waals surface area contributed by atoms with Gasteiger partial charge >= 0.3 is 0 Å². The summed E-state index contributed by atoms with van der Waals surface area (Å²) in [5.74, 6) is 0.613. The second kappa shape index (κ2) is 12.0. The van der Waals surface area contributed by atoms with Gasteiger partial charge in [-0.25, -0.2) is 14.6 Å². The molecule has 188 valence electrons. The standard InChI is InChI=1S/C29H27ClN4O3/c1-35-11-12-36-20-37-28-10-8-26(30)25-7-9-27(33-29(25)28)24-15-22(13-21-5-3-2-4-6-21)14-23(16-24)17-34-19-31-18-32-34/h2-10,14-16,18-19H,11-13,17,20H2,1H3. The number of hydrogen-bond acceptors (Lipinski definition) is 6. The number of aromatic nitrogens is 4. The van der Waals surface area contributed by atoms with E-state index in [9.17, 15) is 0 Å². The number of benzene rings is 3. The highest BCUT2D eigenvalue weighted by Crippen LogP contribution is 2.33. The molecule has 0 atom stereocenters. The van der Waals surface area contributed by atoms with Crippen molar-refractivity contribution in [1.82, 2.24) is 19.7 Å². The monoisotopic (exact) mass is 514 g/mol. The van der Waals surface area contributed by atoms with E-state index in [0.29, 0.717) is 36.0 Å². The minimum Gasteiger partial charge on any atom is -0.465 e. The van der Waals surface area contributed by atoms with Gasteiger partial charge in [-0.15, -0.1) is 0 Å². The van der Waals surface area contributed by atoms with Crippen molar-refractivity contribution >= 4 is 22.5 Å². The maximum Gasteiger partial charge on any atom is 0.189 e. The minimum atomic E-state index is 0.0978. The van der Waals surface area contributed by atoms with Crippen LogP contribution >= 0.6 is 11.6 Å². The van der Waals surface area contributed by atoms with Crippen LogP contribution in [-0.4, -0.2) is 46.9 Å². The molecule has 0 unspecified atom stereocenters. The van der Waals surface area contributed by atoms with Crippen LogP contribution in [0.25, 0.3) is 22.2 Å². The molecule has 0 fully saturated rings. The van der Waals surface area contributed by atoms with E-state index in [-0.39, 0.29) is 6.79 Å². The molecule has 0 saturated carbocycles. The van der Waals surface area contributed by atoms with Crippen molar-refractivity contribution in [3.8, 4) is 17.0 Å². The average molecular weight is 515 g/mol. The predicted octanol–water partition coefficient (Wildman–Crippen LogP) is 5.79. The van der Waals surface area contributed by atoms with Crippen LogP contribution in [0.3, 0.4) is 0 Å². The maximum absolute atomic E-state index is 6.49. The van der Waals surface area contributed by atoms with E-state index in [1.54, 1.807) is 19.8 Å². The molecular weight excluding hydrogens is 488 g/mol. The summed E-state index contributed by atoms with van der Waals surface area (Å²) < 4.78 is 18.2. The zero-order valence-electron chi connectivity index (χ0n) is 20.5. The summed E-state index contributed by atoms with van der Waals surface area (Å²) in [5, 5.41) is 5.72. The molecule has 8 heteroatoms. The summed E-state index contributed by atoms with van der Waals surface area (Å²) in [7, 11) is 1.63. The molecule has 0 amide bonds. The number of rotatable bonds is 11. The Morgan fingerprint density at radius 2 is 1.76 bits per heavy atom. The van der Waals surface area contributed by atoms with Crippen molar-refractivity contribution < 1.29 is 14.2 Å². The molecule has 5 rings (SSSR count). The second-order valence-corrected chi connectivity index (χ2v) is 9.00. The van der Waals surface area contributed by atoms with Crippen molar-refractivity contribution in [1.29, 1.82) is 0 Å². The Bertz CT molecular complexity index is 1460. The van der Waals surface area contributed by atoms with Crippen molar-refractivity contribution in [2.75, 3.05) is 27.1 Å². The number of fused-ring (bicyclic) bond motifs is 1. The van der Waals surface area contributed by atoms with Crippen LogP contribution in [0.1, 0.15) is 16.7 Å². The second-order valence-electron chi connectivity index (χ2n) is 8.60. The predicted molar refractivity (Wildman–Crippen MR) is 144 cm³/mol. The van der Waals surface area contributed by atoms with Crippen LogP contribution in [0.2, 0.25) is 5.02 Å². The van der Waals surface area contributed by atoms with Crippen LogP contribution in [0.5, 0.6) is 5.75 Å². The van der Waals surface area contributed by atoms with Gasteiger partial charge in [-0.2, -0.15) is 5.10 Å². The summed E-state index contributed by atoms with van der Waals surface area (Å²) in [4.78, 5) is 9.06. The molecule has 0 radical (unpaired) electrons. The molecule has 2 aromatic heterocycles. The van der Waals surface area contributed by atoms with Crippen molar-refractivity contribution in [2.45, 2.75) is 13.0 Å². The van der Waals surface area contributed by atoms with E-state index in [1.807, 2.05) is 35.0 Å². The topological polar surface area (TPSA) is 71.3 Å². The number of hydrogen-bond donors (Lipinski definition) is 0.